The lowest BCUT2D eigenvalue weighted by molar-refractivity contribution is 0.0907. The molecular formula is C27H27N7O5. The van der Waals surface area contributed by atoms with Gasteiger partial charge >= 0.3 is 0 Å². The van der Waals surface area contributed by atoms with E-state index in [1.165, 1.54) is 0 Å². The van der Waals surface area contributed by atoms with Crippen LogP contribution in [0, 0.1) is 0 Å². The number of hydrogen-bond acceptors (Lipinski definition) is 10. The Morgan fingerprint density at radius 3 is 2.85 bits per heavy atom. The topological polar surface area (TPSA) is 139 Å². The average Bonchev–Trinajstić information content (AvgIpc) is 3.74. The van der Waals surface area contributed by atoms with Crippen molar-refractivity contribution >= 4 is 22.3 Å². The van der Waals surface area contributed by atoms with Crippen LogP contribution >= 0.6 is 0 Å². The summed E-state index contributed by atoms with van der Waals surface area (Å²) in [6, 6.07) is 12.9. The van der Waals surface area contributed by atoms with Crippen LogP contribution in [0.4, 0.5) is 0 Å². The van der Waals surface area contributed by atoms with E-state index in [1.807, 2.05) is 24.3 Å². The molecule has 0 saturated carbocycles. The fourth-order valence-corrected chi connectivity index (χ4v) is 4.55. The zero-order valence-corrected chi connectivity index (χ0v) is 21.4. The first-order chi connectivity index (χ1) is 19.2. The Balaban J connectivity index is 1.18. The Hall–Kier alpha value is -4.42. The highest BCUT2D eigenvalue weighted by Crippen LogP contribution is 2.29. The van der Waals surface area contributed by atoms with Crippen molar-refractivity contribution in [3.8, 4) is 17.4 Å². The van der Waals surface area contributed by atoms with Crippen LogP contribution in [-0.2, 0) is 22.7 Å². The quantitative estimate of drug-likeness (QED) is 0.286. The van der Waals surface area contributed by atoms with Gasteiger partial charge in [0.2, 0.25) is 11.7 Å². The maximum atomic E-state index is 12.5. The molecule has 12 heteroatoms. The van der Waals surface area contributed by atoms with E-state index < -0.39 is 0 Å². The van der Waals surface area contributed by atoms with Crippen molar-refractivity contribution < 1.29 is 23.5 Å². The van der Waals surface area contributed by atoms with E-state index in [1.54, 1.807) is 36.0 Å². The van der Waals surface area contributed by atoms with Crippen molar-refractivity contribution in [2.75, 3.05) is 20.3 Å². The Morgan fingerprint density at radius 2 is 2.05 bits per heavy atom. The van der Waals surface area contributed by atoms with Crippen LogP contribution in [0.2, 0.25) is 0 Å². The first kappa shape index (κ1) is 24.9. The summed E-state index contributed by atoms with van der Waals surface area (Å²) in [5, 5.41) is 21.9. The van der Waals surface area contributed by atoms with Crippen LogP contribution in [0.5, 0.6) is 5.88 Å². The van der Waals surface area contributed by atoms with Crippen LogP contribution < -0.4 is 10.1 Å². The lowest BCUT2D eigenvalue weighted by atomic mass is 10.2. The third kappa shape index (κ3) is 5.29. The number of nitrogens with one attached hydrogen (secondary N) is 1. The molecule has 1 amide bonds. The first-order valence-corrected chi connectivity index (χ1v) is 12.8. The lowest BCUT2D eigenvalue weighted by Gasteiger charge is -2.11. The normalized spacial score (nSPS) is 15.3. The smallest absolute Gasteiger partial charge is 0.252 e. The minimum atomic E-state index is -0.160. The maximum Gasteiger partial charge on any atom is 0.252 e. The van der Waals surface area contributed by atoms with Gasteiger partial charge in [0.05, 0.1) is 17.4 Å². The van der Waals surface area contributed by atoms with Gasteiger partial charge in [-0.1, -0.05) is 23.4 Å². The summed E-state index contributed by atoms with van der Waals surface area (Å²) in [7, 11) is 1.58. The number of hydrogen-bond donors (Lipinski definition) is 1. The highest BCUT2D eigenvalue weighted by Gasteiger charge is 2.19. The van der Waals surface area contributed by atoms with Gasteiger partial charge in [0, 0.05) is 43.3 Å². The van der Waals surface area contributed by atoms with Crippen molar-refractivity contribution in [2.24, 2.45) is 0 Å². The molecule has 1 fully saturated rings. The molecule has 1 aromatic carbocycles. The SMILES string of the molecule is COCc1cc(-c2nnc3c4ccccc4c(OCc4ccc(C(=O)NCCC5CCCO5)cn4)nn23)no1. The van der Waals surface area contributed by atoms with Gasteiger partial charge in [-0.3, -0.25) is 9.78 Å². The average molecular weight is 530 g/mol. The summed E-state index contributed by atoms with van der Waals surface area (Å²) in [4.78, 5) is 16.9. The van der Waals surface area contributed by atoms with Gasteiger partial charge in [-0.05, 0) is 37.5 Å². The van der Waals surface area contributed by atoms with E-state index >= 15 is 0 Å². The van der Waals surface area contributed by atoms with Gasteiger partial charge < -0.3 is 24.1 Å². The lowest BCUT2D eigenvalue weighted by Crippen LogP contribution is -2.27. The number of ether oxygens (including phenoxy) is 3. The van der Waals surface area contributed by atoms with Crippen molar-refractivity contribution in [1.82, 2.24) is 35.3 Å². The number of fused-ring (bicyclic) bond motifs is 3. The number of amides is 1. The van der Waals surface area contributed by atoms with Crippen LogP contribution in [0.3, 0.4) is 0 Å². The zero-order chi connectivity index (χ0) is 26.6. The third-order valence-electron chi connectivity index (χ3n) is 6.52. The number of methoxy groups -OCH3 is 1. The monoisotopic (exact) mass is 529 g/mol. The molecule has 0 bridgehead atoms. The Bertz CT molecular complexity index is 1590. The summed E-state index contributed by atoms with van der Waals surface area (Å²) >= 11 is 0. The fourth-order valence-electron chi connectivity index (χ4n) is 4.55. The first-order valence-electron chi connectivity index (χ1n) is 12.8. The molecule has 1 N–H and O–H groups in total. The van der Waals surface area contributed by atoms with Crippen LogP contribution in [0.25, 0.3) is 27.9 Å². The Morgan fingerprint density at radius 1 is 1.15 bits per heavy atom. The highest BCUT2D eigenvalue weighted by atomic mass is 16.5. The maximum absolute atomic E-state index is 12.5. The van der Waals surface area contributed by atoms with Crippen molar-refractivity contribution in [2.45, 2.75) is 38.6 Å². The van der Waals surface area contributed by atoms with Crippen molar-refractivity contribution in [3.63, 3.8) is 0 Å². The second kappa shape index (κ2) is 11.1. The van der Waals surface area contributed by atoms with Crippen molar-refractivity contribution in [1.29, 1.82) is 0 Å². The second-order valence-electron chi connectivity index (χ2n) is 9.23. The highest BCUT2D eigenvalue weighted by molar-refractivity contribution is 5.97. The Kier molecular flexibility index (Phi) is 7.11. The fraction of sp³-hybridized carbons (Fsp3) is 0.333. The van der Waals surface area contributed by atoms with Gasteiger partial charge in [-0.15, -0.1) is 15.3 Å². The molecule has 1 saturated heterocycles. The summed E-state index contributed by atoms with van der Waals surface area (Å²) in [6.07, 6.45) is 4.75. The number of carbonyl (C=O) groups excluding carboxylic acids is 1. The summed E-state index contributed by atoms with van der Waals surface area (Å²) in [6.45, 7) is 1.83. The second-order valence-corrected chi connectivity index (χ2v) is 9.23. The van der Waals surface area contributed by atoms with E-state index in [9.17, 15) is 4.79 Å². The molecule has 5 aromatic rings. The Labute approximate surface area is 223 Å². The van der Waals surface area contributed by atoms with E-state index in [4.69, 9.17) is 18.7 Å². The van der Waals surface area contributed by atoms with Gasteiger partial charge in [0.1, 0.15) is 13.2 Å². The van der Waals surface area contributed by atoms with Gasteiger partial charge in [0.25, 0.3) is 5.91 Å². The van der Waals surface area contributed by atoms with E-state index in [-0.39, 0.29) is 25.2 Å². The van der Waals surface area contributed by atoms with E-state index in [0.717, 1.165) is 36.6 Å². The number of benzene rings is 1. The van der Waals surface area contributed by atoms with Gasteiger partial charge in [-0.25, -0.2) is 0 Å². The largest absolute Gasteiger partial charge is 0.470 e. The molecule has 1 aliphatic heterocycles. The van der Waals surface area contributed by atoms with Crippen LogP contribution in [-0.4, -0.2) is 62.2 Å². The third-order valence-corrected chi connectivity index (χ3v) is 6.52. The molecule has 0 aliphatic carbocycles. The number of pyridine rings is 1. The van der Waals surface area contributed by atoms with Crippen LogP contribution in [0.1, 0.15) is 41.1 Å². The minimum absolute atomic E-state index is 0.156. The number of carbonyl (C=O) groups is 1. The van der Waals surface area contributed by atoms with Gasteiger partial charge in [0.15, 0.2) is 17.1 Å². The molecule has 39 heavy (non-hydrogen) atoms. The summed E-state index contributed by atoms with van der Waals surface area (Å²) in [5.74, 6) is 1.21. The molecule has 1 aliphatic rings. The van der Waals surface area contributed by atoms with Crippen molar-refractivity contribution in [3.05, 3.63) is 65.7 Å². The van der Waals surface area contributed by atoms with E-state index in [0.29, 0.717) is 46.6 Å². The molecule has 4 aromatic heterocycles. The van der Waals surface area contributed by atoms with E-state index in [2.05, 4.69) is 30.8 Å². The minimum Gasteiger partial charge on any atom is -0.470 e. The molecule has 0 radical (unpaired) electrons. The zero-order valence-electron chi connectivity index (χ0n) is 21.4. The molecule has 200 valence electrons. The predicted molar refractivity (Wildman–Crippen MR) is 139 cm³/mol. The molecule has 6 rings (SSSR count). The van der Waals surface area contributed by atoms with Gasteiger partial charge in [-0.2, -0.15) is 4.52 Å². The van der Waals surface area contributed by atoms with Crippen LogP contribution in [0.15, 0.2) is 53.2 Å². The molecule has 1 unspecified atom stereocenters. The standard InChI is InChI=1S/C27H27N7O5/c1-36-16-20-13-23(33-39-20)25-31-30-24-21-6-2-3-7-22(21)27(32-34(24)25)38-15-18-9-8-17(14-29-18)26(35)28-11-10-19-5-4-12-37-19/h2-3,6-9,13-14,19H,4-5,10-12,15-16H2,1H3,(H,28,35). The number of nitrogens with zero attached hydrogens (tertiary/aromatic N) is 6. The molecule has 5 heterocycles. The molecule has 12 nitrogen and oxygen atoms in total. The molecular weight excluding hydrogens is 502 g/mol. The summed E-state index contributed by atoms with van der Waals surface area (Å²) in [5.41, 5.74) is 2.19. The molecule has 0 spiro atoms. The number of aromatic nitrogens is 6. The summed E-state index contributed by atoms with van der Waals surface area (Å²) < 4.78 is 23.7. The molecule has 1 atom stereocenters. The number of rotatable bonds is 10. The predicted octanol–water partition coefficient (Wildman–Crippen LogP) is 3.35.